The van der Waals surface area contributed by atoms with Crippen LogP contribution in [0, 0.1) is 32.1 Å². The number of fused-ring (bicyclic) bond motifs is 1. The lowest BCUT2D eigenvalue weighted by Gasteiger charge is -2.23. The summed E-state index contributed by atoms with van der Waals surface area (Å²) >= 11 is 0. The van der Waals surface area contributed by atoms with Crippen LogP contribution in [0.3, 0.4) is 0 Å². The van der Waals surface area contributed by atoms with Gasteiger partial charge in [0.15, 0.2) is 5.82 Å². The number of carboxylic acid groups (broad SMARTS) is 1. The third kappa shape index (κ3) is 3.04. The number of carboxylic acids is 1. The van der Waals surface area contributed by atoms with Crippen LogP contribution in [-0.2, 0) is 4.79 Å². The minimum atomic E-state index is -0.778. The van der Waals surface area contributed by atoms with E-state index in [1.807, 2.05) is 31.5 Å². The number of carbonyl (C=O) groups is 2. The minimum Gasteiger partial charge on any atom is -0.481 e. The fourth-order valence-corrected chi connectivity index (χ4v) is 4.85. The van der Waals surface area contributed by atoms with Crippen molar-refractivity contribution in [2.24, 2.45) is 11.3 Å². The van der Waals surface area contributed by atoms with Crippen LogP contribution in [0.2, 0.25) is 0 Å². The van der Waals surface area contributed by atoms with Gasteiger partial charge in [0.1, 0.15) is 0 Å². The van der Waals surface area contributed by atoms with Gasteiger partial charge in [0.05, 0.1) is 11.1 Å². The lowest BCUT2D eigenvalue weighted by Crippen LogP contribution is -2.38. The molecule has 148 valence electrons. The summed E-state index contributed by atoms with van der Waals surface area (Å²) in [6.07, 6.45) is 2.44. The second-order valence-electron chi connectivity index (χ2n) is 8.29. The van der Waals surface area contributed by atoms with Gasteiger partial charge in [-0.1, -0.05) is 12.5 Å². The number of aromatic nitrogens is 2. The third-order valence-corrected chi connectivity index (χ3v) is 6.16. The highest BCUT2D eigenvalue weighted by atomic mass is 16.4. The van der Waals surface area contributed by atoms with Gasteiger partial charge in [-0.05, 0) is 62.8 Å². The van der Waals surface area contributed by atoms with Gasteiger partial charge in [-0.3, -0.25) is 10.1 Å². The fourth-order valence-electron chi connectivity index (χ4n) is 4.85. The molecular formula is C21H26N4O3. The zero-order valence-electron chi connectivity index (χ0n) is 16.5. The first-order chi connectivity index (χ1) is 13.3. The molecule has 0 bridgehead atoms. The molecule has 4 rings (SSSR count). The van der Waals surface area contributed by atoms with Crippen LogP contribution in [0.1, 0.15) is 36.1 Å². The van der Waals surface area contributed by atoms with Crippen LogP contribution in [0.15, 0.2) is 24.3 Å². The van der Waals surface area contributed by atoms with Crippen LogP contribution < -0.4 is 5.32 Å². The van der Waals surface area contributed by atoms with E-state index in [9.17, 15) is 14.7 Å². The molecule has 7 nitrogen and oxygen atoms in total. The summed E-state index contributed by atoms with van der Waals surface area (Å²) < 4.78 is 1.81. The maximum atomic E-state index is 12.7. The van der Waals surface area contributed by atoms with Crippen LogP contribution in [0.5, 0.6) is 0 Å². The molecule has 2 heterocycles. The molecule has 2 aromatic rings. The third-order valence-electron chi connectivity index (χ3n) is 6.16. The number of anilines is 1. The topological polar surface area (TPSA) is 87.5 Å². The second kappa shape index (κ2) is 6.65. The number of hydrogen-bond donors (Lipinski definition) is 2. The Labute approximate surface area is 164 Å². The molecule has 0 spiro atoms. The van der Waals surface area contributed by atoms with Gasteiger partial charge in [-0.2, -0.15) is 0 Å². The number of benzene rings is 1. The molecule has 1 saturated heterocycles. The zero-order valence-corrected chi connectivity index (χ0v) is 16.5. The number of aryl methyl sites for hydroxylation is 3. The van der Waals surface area contributed by atoms with Gasteiger partial charge < -0.3 is 10.0 Å². The Kier molecular flexibility index (Phi) is 4.40. The van der Waals surface area contributed by atoms with E-state index in [0.29, 0.717) is 18.8 Å². The van der Waals surface area contributed by atoms with Crippen molar-refractivity contribution in [1.29, 1.82) is 0 Å². The molecule has 0 radical (unpaired) electrons. The highest BCUT2D eigenvalue weighted by Gasteiger charge is 2.55. The molecule has 2 atom stereocenters. The molecule has 2 aliphatic rings. The van der Waals surface area contributed by atoms with Gasteiger partial charge >= 0.3 is 12.0 Å². The monoisotopic (exact) mass is 382 g/mol. The highest BCUT2D eigenvalue weighted by molar-refractivity contribution is 5.90. The zero-order chi connectivity index (χ0) is 20.1. The summed E-state index contributed by atoms with van der Waals surface area (Å²) in [4.78, 5) is 26.2. The first-order valence-corrected chi connectivity index (χ1v) is 9.73. The van der Waals surface area contributed by atoms with Crippen molar-refractivity contribution in [3.63, 3.8) is 0 Å². The van der Waals surface area contributed by atoms with Gasteiger partial charge in [-0.15, -0.1) is 5.10 Å². The van der Waals surface area contributed by atoms with Crippen LogP contribution >= 0.6 is 0 Å². The number of nitrogens with one attached hydrogen (secondary N) is 1. The quantitative estimate of drug-likeness (QED) is 0.850. The largest absolute Gasteiger partial charge is 0.481 e. The molecule has 7 heteroatoms. The SMILES string of the molecule is Cc1cc(C)cc(-n2nc(NC(=O)N3C[C@@H]4CCC[C@@]4(C(=O)O)C3)cc2C)c1. The van der Waals surface area contributed by atoms with E-state index in [-0.39, 0.29) is 18.5 Å². The standard InChI is InChI=1S/C21H26N4O3/c1-13-7-14(2)9-17(8-13)25-15(3)10-18(23-25)22-20(28)24-11-16-5-4-6-21(16,12-24)19(26)27/h7-10,16H,4-6,11-12H2,1-3H3,(H,26,27)(H,22,23,28)/t16-,21+/m0/s1. The Balaban J connectivity index is 1.51. The maximum absolute atomic E-state index is 12.7. The summed E-state index contributed by atoms with van der Waals surface area (Å²) in [6.45, 7) is 6.80. The number of urea groups is 1. The molecule has 1 aromatic heterocycles. The Morgan fingerprint density at radius 1 is 1.18 bits per heavy atom. The molecule has 28 heavy (non-hydrogen) atoms. The highest BCUT2D eigenvalue weighted by Crippen LogP contribution is 2.48. The molecule has 0 unspecified atom stereocenters. The second-order valence-corrected chi connectivity index (χ2v) is 8.29. The summed E-state index contributed by atoms with van der Waals surface area (Å²) in [5.74, 6) is -0.256. The summed E-state index contributed by atoms with van der Waals surface area (Å²) in [6, 6.07) is 7.76. The van der Waals surface area contributed by atoms with E-state index in [1.54, 1.807) is 4.90 Å². The Morgan fingerprint density at radius 3 is 2.54 bits per heavy atom. The smallest absolute Gasteiger partial charge is 0.323 e. The van der Waals surface area contributed by atoms with Crippen molar-refractivity contribution in [1.82, 2.24) is 14.7 Å². The number of nitrogens with zero attached hydrogens (tertiary/aromatic N) is 3. The first-order valence-electron chi connectivity index (χ1n) is 9.73. The Bertz CT molecular complexity index is 931. The van der Waals surface area contributed by atoms with E-state index >= 15 is 0 Å². The van der Waals surface area contributed by atoms with Crippen molar-refractivity contribution in [2.45, 2.75) is 40.0 Å². The number of likely N-dealkylation sites (tertiary alicyclic amines) is 1. The van der Waals surface area contributed by atoms with Crippen molar-refractivity contribution in [3.8, 4) is 5.69 Å². The van der Waals surface area contributed by atoms with Gasteiger partial charge in [-0.25, -0.2) is 9.48 Å². The van der Waals surface area contributed by atoms with Gasteiger partial charge in [0.25, 0.3) is 0 Å². The lowest BCUT2D eigenvalue weighted by molar-refractivity contribution is -0.149. The van der Waals surface area contributed by atoms with Crippen molar-refractivity contribution >= 4 is 17.8 Å². The Morgan fingerprint density at radius 2 is 1.89 bits per heavy atom. The van der Waals surface area contributed by atoms with Crippen LogP contribution in [0.25, 0.3) is 5.69 Å². The van der Waals surface area contributed by atoms with Gasteiger partial charge in [0, 0.05) is 24.8 Å². The van der Waals surface area contributed by atoms with E-state index in [1.165, 1.54) is 0 Å². The molecule has 1 aliphatic heterocycles. The Hall–Kier alpha value is -2.83. The summed E-state index contributed by atoms with van der Waals surface area (Å²) in [7, 11) is 0. The molecule has 1 saturated carbocycles. The number of aliphatic carboxylic acids is 1. The predicted molar refractivity (Wildman–Crippen MR) is 106 cm³/mol. The lowest BCUT2D eigenvalue weighted by atomic mass is 9.81. The average molecular weight is 382 g/mol. The summed E-state index contributed by atoms with van der Waals surface area (Å²) in [5.41, 5.74) is 3.40. The number of amides is 2. The van der Waals surface area contributed by atoms with E-state index in [2.05, 4.69) is 28.6 Å². The predicted octanol–water partition coefficient (Wildman–Crippen LogP) is 3.52. The number of hydrogen-bond acceptors (Lipinski definition) is 3. The van der Waals surface area contributed by atoms with Crippen molar-refractivity contribution in [3.05, 3.63) is 41.1 Å². The van der Waals surface area contributed by atoms with E-state index in [0.717, 1.165) is 35.3 Å². The maximum Gasteiger partial charge on any atom is 0.323 e. The molecular weight excluding hydrogens is 356 g/mol. The molecule has 2 N–H and O–H groups in total. The van der Waals surface area contributed by atoms with Crippen LogP contribution in [0.4, 0.5) is 10.6 Å². The molecule has 2 fully saturated rings. The van der Waals surface area contributed by atoms with Gasteiger partial charge in [0.2, 0.25) is 0 Å². The first kappa shape index (κ1) is 18.5. The van der Waals surface area contributed by atoms with Crippen LogP contribution in [-0.4, -0.2) is 44.9 Å². The summed E-state index contributed by atoms with van der Waals surface area (Å²) in [5, 5.41) is 17.1. The van der Waals surface area contributed by atoms with Crippen molar-refractivity contribution < 1.29 is 14.7 Å². The number of rotatable bonds is 3. The molecule has 2 amide bonds. The molecule has 1 aliphatic carbocycles. The average Bonchev–Trinajstić information content (AvgIpc) is 3.26. The van der Waals surface area contributed by atoms with E-state index < -0.39 is 11.4 Å². The van der Waals surface area contributed by atoms with Crippen molar-refractivity contribution in [2.75, 3.05) is 18.4 Å². The fraction of sp³-hybridized carbons (Fsp3) is 0.476. The van der Waals surface area contributed by atoms with E-state index in [4.69, 9.17) is 0 Å². The normalized spacial score (nSPS) is 23.7. The minimum absolute atomic E-state index is 0.0466. The molecule has 1 aromatic carbocycles. The number of carbonyl (C=O) groups excluding carboxylic acids is 1.